The second kappa shape index (κ2) is 7.76. The van der Waals surface area contributed by atoms with E-state index in [1.54, 1.807) is 6.20 Å². The highest BCUT2D eigenvalue weighted by Gasteiger charge is 2.30. The molecule has 0 unspecified atom stereocenters. The van der Waals surface area contributed by atoms with Gasteiger partial charge in [-0.2, -0.15) is 5.10 Å². The molecule has 6 heteroatoms. The van der Waals surface area contributed by atoms with Gasteiger partial charge < -0.3 is 14.6 Å². The first kappa shape index (κ1) is 17.6. The predicted molar refractivity (Wildman–Crippen MR) is 96.3 cm³/mol. The molecule has 0 radical (unpaired) electrons. The molecule has 0 saturated carbocycles. The largest absolute Gasteiger partial charge is 0.466 e. The Hall–Kier alpha value is -2.24. The van der Waals surface area contributed by atoms with Crippen molar-refractivity contribution in [1.29, 1.82) is 0 Å². The molecule has 2 atom stereocenters. The molecule has 3 rings (SSSR count). The smallest absolute Gasteiger partial charge is 0.318 e. The van der Waals surface area contributed by atoms with E-state index in [1.165, 1.54) is 0 Å². The number of urea groups is 1. The molecule has 1 fully saturated rings. The lowest BCUT2D eigenvalue weighted by Gasteiger charge is -2.36. The molecule has 1 N–H and O–H groups in total. The second-order valence-corrected chi connectivity index (χ2v) is 6.99. The molecule has 6 nitrogen and oxygen atoms in total. The number of aryl methyl sites for hydroxylation is 3. The van der Waals surface area contributed by atoms with Crippen LogP contribution >= 0.6 is 0 Å². The van der Waals surface area contributed by atoms with E-state index in [9.17, 15) is 4.79 Å². The van der Waals surface area contributed by atoms with Gasteiger partial charge in [-0.25, -0.2) is 4.79 Å². The van der Waals surface area contributed by atoms with Crippen molar-refractivity contribution in [2.45, 2.75) is 58.0 Å². The summed E-state index contributed by atoms with van der Waals surface area (Å²) in [5, 5.41) is 7.41. The van der Waals surface area contributed by atoms with Gasteiger partial charge >= 0.3 is 6.03 Å². The summed E-state index contributed by atoms with van der Waals surface area (Å²) in [6, 6.07) is 6.23. The fourth-order valence-electron chi connectivity index (χ4n) is 3.54. The lowest BCUT2D eigenvalue weighted by molar-refractivity contribution is 0.144. The fourth-order valence-corrected chi connectivity index (χ4v) is 3.54. The Labute approximate surface area is 149 Å². The molecule has 1 aliphatic heterocycles. The number of carbonyl (C=O) groups is 1. The summed E-state index contributed by atoms with van der Waals surface area (Å²) >= 11 is 0. The molecular weight excluding hydrogens is 316 g/mol. The summed E-state index contributed by atoms with van der Waals surface area (Å²) in [6.45, 7) is 4.80. The van der Waals surface area contributed by atoms with Crippen molar-refractivity contribution >= 4 is 6.03 Å². The molecule has 0 aliphatic carbocycles. The van der Waals surface area contributed by atoms with Gasteiger partial charge in [0.2, 0.25) is 0 Å². The second-order valence-electron chi connectivity index (χ2n) is 6.99. The molecule has 2 aromatic rings. The van der Waals surface area contributed by atoms with Crippen molar-refractivity contribution in [1.82, 2.24) is 20.0 Å². The average Bonchev–Trinajstić information content (AvgIpc) is 3.21. The lowest BCUT2D eigenvalue weighted by atomic mass is 9.99. The highest BCUT2D eigenvalue weighted by atomic mass is 16.3. The number of aromatic nitrogens is 2. The van der Waals surface area contributed by atoms with Crippen LogP contribution in [0.15, 0.2) is 28.8 Å². The minimum absolute atomic E-state index is 0.0222. The van der Waals surface area contributed by atoms with Crippen LogP contribution in [0.1, 0.15) is 55.9 Å². The number of amides is 2. The topological polar surface area (TPSA) is 63.3 Å². The molecular formula is C19H28N4O2. The van der Waals surface area contributed by atoms with E-state index >= 15 is 0 Å². The maximum Gasteiger partial charge on any atom is 0.318 e. The minimum Gasteiger partial charge on any atom is -0.466 e. The number of rotatable bonds is 5. The van der Waals surface area contributed by atoms with E-state index in [-0.39, 0.29) is 18.1 Å². The Balaban J connectivity index is 1.57. The molecule has 0 bridgehead atoms. The van der Waals surface area contributed by atoms with Gasteiger partial charge in [-0.15, -0.1) is 0 Å². The molecule has 1 aliphatic rings. The number of furan rings is 1. The van der Waals surface area contributed by atoms with Crippen molar-refractivity contribution in [3.05, 3.63) is 41.6 Å². The number of nitrogens with zero attached hydrogens (tertiary/aromatic N) is 3. The monoisotopic (exact) mass is 344 g/mol. The van der Waals surface area contributed by atoms with Gasteiger partial charge in [-0.1, -0.05) is 0 Å². The predicted octanol–water partition coefficient (Wildman–Crippen LogP) is 3.58. The summed E-state index contributed by atoms with van der Waals surface area (Å²) in [4.78, 5) is 14.8. The maximum absolute atomic E-state index is 12.8. The third kappa shape index (κ3) is 4.24. The average molecular weight is 344 g/mol. The Morgan fingerprint density at radius 1 is 1.40 bits per heavy atom. The maximum atomic E-state index is 12.8. The van der Waals surface area contributed by atoms with E-state index in [0.717, 1.165) is 55.9 Å². The van der Waals surface area contributed by atoms with Crippen LogP contribution < -0.4 is 5.32 Å². The number of nitrogens with one attached hydrogen (secondary N) is 1. The van der Waals surface area contributed by atoms with Crippen LogP contribution in [0.2, 0.25) is 0 Å². The molecule has 0 spiro atoms. The zero-order valence-electron chi connectivity index (χ0n) is 15.4. The first-order valence-electron chi connectivity index (χ1n) is 9.15. The van der Waals surface area contributed by atoms with Crippen LogP contribution in [0.3, 0.4) is 0 Å². The number of hydrogen-bond acceptors (Lipinski definition) is 3. The quantitative estimate of drug-likeness (QED) is 0.902. The molecule has 2 aromatic heterocycles. The Morgan fingerprint density at radius 3 is 2.92 bits per heavy atom. The Kier molecular flexibility index (Phi) is 5.46. The van der Waals surface area contributed by atoms with Crippen LogP contribution in [0.4, 0.5) is 4.79 Å². The van der Waals surface area contributed by atoms with Crippen LogP contribution in [-0.2, 0) is 13.5 Å². The Bertz CT molecular complexity index is 706. The molecule has 136 valence electrons. The van der Waals surface area contributed by atoms with Gasteiger partial charge in [-0.05, 0) is 57.7 Å². The summed E-state index contributed by atoms with van der Waals surface area (Å²) < 4.78 is 7.48. The summed E-state index contributed by atoms with van der Waals surface area (Å²) in [5.74, 6) is 1.91. The molecule has 3 heterocycles. The van der Waals surface area contributed by atoms with Crippen molar-refractivity contribution in [3.8, 4) is 0 Å². The van der Waals surface area contributed by atoms with E-state index in [0.29, 0.717) is 0 Å². The third-order valence-corrected chi connectivity index (χ3v) is 4.95. The van der Waals surface area contributed by atoms with Crippen LogP contribution in [-0.4, -0.2) is 33.3 Å². The Morgan fingerprint density at radius 2 is 2.24 bits per heavy atom. The molecule has 25 heavy (non-hydrogen) atoms. The highest BCUT2D eigenvalue weighted by Crippen LogP contribution is 2.30. The summed E-state index contributed by atoms with van der Waals surface area (Å²) in [6.07, 6.45) is 6.69. The van der Waals surface area contributed by atoms with Crippen LogP contribution in [0, 0.1) is 6.92 Å². The zero-order valence-corrected chi connectivity index (χ0v) is 15.4. The number of hydrogen-bond donors (Lipinski definition) is 1. The fraction of sp³-hybridized carbons (Fsp3) is 0.579. The third-order valence-electron chi connectivity index (χ3n) is 4.95. The number of carbonyl (C=O) groups excluding carboxylic acids is 1. The van der Waals surface area contributed by atoms with Gasteiger partial charge in [0.05, 0.1) is 11.7 Å². The van der Waals surface area contributed by atoms with Crippen LogP contribution in [0.25, 0.3) is 0 Å². The van der Waals surface area contributed by atoms with Crippen molar-refractivity contribution in [2.24, 2.45) is 7.05 Å². The highest BCUT2D eigenvalue weighted by molar-refractivity contribution is 5.75. The normalized spacial score (nSPS) is 19.0. The van der Waals surface area contributed by atoms with E-state index in [4.69, 9.17) is 4.42 Å². The van der Waals surface area contributed by atoms with Gasteiger partial charge in [0.15, 0.2) is 0 Å². The number of piperidine rings is 1. The SMILES string of the molecule is Cc1ccc(CC[C@@H](C)NC(=O)N2CCCC[C@H]2c2ccnn2C)o1. The van der Waals surface area contributed by atoms with E-state index in [2.05, 4.69) is 17.3 Å². The van der Waals surface area contributed by atoms with E-state index in [1.807, 2.05) is 41.8 Å². The van der Waals surface area contributed by atoms with Crippen LogP contribution in [0.5, 0.6) is 0 Å². The van der Waals surface area contributed by atoms with Crippen molar-refractivity contribution in [2.75, 3.05) is 6.54 Å². The van der Waals surface area contributed by atoms with Crippen molar-refractivity contribution in [3.63, 3.8) is 0 Å². The summed E-state index contributed by atoms with van der Waals surface area (Å²) in [7, 11) is 1.94. The summed E-state index contributed by atoms with van der Waals surface area (Å²) in [5.41, 5.74) is 1.11. The standard InChI is InChI=1S/C19H28N4O2/c1-14(7-9-16-10-8-15(2)25-16)21-19(24)23-13-5-4-6-18(23)17-11-12-20-22(17)3/h8,10-12,14,18H,4-7,9,13H2,1-3H3,(H,21,24)/t14-,18+/m1/s1. The van der Waals surface area contributed by atoms with E-state index < -0.39 is 0 Å². The lowest BCUT2D eigenvalue weighted by Crippen LogP contribution is -2.47. The van der Waals surface area contributed by atoms with Gasteiger partial charge in [0.1, 0.15) is 11.5 Å². The molecule has 0 aromatic carbocycles. The first-order chi connectivity index (χ1) is 12.0. The zero-order chi connectivity index (χ0) is 17.8. The van der Waals surface area contributed by atoms with Gasteiger partial charge in [0.25, 0.3) is 0 Å². The molecule has 2 amide bonds. The van der Waals surface area contributed by atoms with Crippen molar-refractivity contribution < 1.29 is 9.21 Å². The first-order valence-corrected chi connectivity index (χ1v) is 9.15. The number of likely N-dealkylation sites (tertiary alicyclic amines) is 1. The minimum atomic E-state index is 0.0222. The van der Waals surface area contributed by atoms with Gasteiger partial charge in [0, 0.05) is 32.3 Å². The molecule has 1 saturated heterocycles. The van der Waals surface area contributed by atoms with Gasteiger partial charge in [-0.3, -0.25) is 4.68 Å².